The molecule has 1 saturated heterocycles. The summed E-state index contributed by atoms with van der Waals surface area (Å²) in [5.74, 6) is 2.03. The first-order valence-corrected chi connectivity index (χ1v) is 5.49. The summed E-state index contributed by atoms with van der Waals surface area (Å²) in [4.78, 5) is 0. The van der Waals surface area contributed by atoms with Gasteiger partial charge in [-0.15, -0.1) is 0 Å². The van der Waals surface area contributed by atoms with E-state index in [2.05, 4.69) is 0 Å². The highest BCUT2D eigenvalue weighted by molar-refractivity contribution is 5.44. The second kappa shape index (κ2) is 3.96. The number of rotatable bonds is 2. The maximum Gasteiger partial charge on any atom is 0.231 e. The van der Waals surface area contributed by atoms with Crippen LogP contribution in [0.15, 0.2) is 18.2 Å². The van der Waals surface area contributed by atoms with E-state index in [0.29, 0.717) is 25.7 Å². The van der Waals surface area contributed by atoms with Gasteiger partial charge in [0, 0.05) is 6.42 Å². The molecule has 16 heavy (non-hydrogen) atoms. The number of fused-ring (bicyclic) bond motifs is 1. The molecule has 2 atom stereocenters. The normalized spacial score (nSPS) is 27.3. The highest BCUT2D eigenvalue weighted by atomic mass is 16.7. The van der Waals surface area contributed by atoms with E-state index in [9.17, 15) is 5.11 Å². The second-order valence-electron chi connectivity index (χ2n) is 4.28. The Bertz CT molecular complexity index is 391. The van der Waals surface area contributed by atoms with Crippen LogP contribution in [0.2, 0.25) is 0 Å². The van der Waals surface area contributed by atoms with Gasteiger partial charge in [0.15, 0.2) is 17.8 Å². The molecular weight excluding hydrogens is 208 g/mol. The lowest BCUT2D eigenvalue weighted by molar-refractivity contribution is -0.0591. The monoisotopic (exact) mass is 222 g/mol. The summed E-state index contributed by atoms with van der Waals surface area (Å²) < 4.78 is 15.7. The Hall–Kier alpha value is -1.26. The molecule has 0 bridgehead atoms. The average molecular weight is 222 g/mol. The molecule has 2 aliphatic rings. The Balaban J connectivity index is 1.71. The van der Waals surface area contributed by atoms with E-state index in [1.54, 1.807) is 0 Å². The first-order chi connectivity index (χ1) is 7.81. The lowest BCUT2D eigenvalue weighted by Crippen LogP contribution is -2.04. The minimum atomic E-state index is -0.584. The van der Waals surface area contributed by atoms with Crippen molar-refractivity contribution in [2.24, 2.45) is 5.92 Å². The third-order valence-electron chi connectivity index (χ3n) is 3.02. The van der Waals surface area contributed by atoms with Gasteiger partial charge in [-0.25, -0.2) is 0 Å². The average Bonchev–Trinajstić information content (AvgIpc) is 2.87. The van der Waals surface area contributed by atoms with Crippen molar-refractivity contribution in [3.05, 3.63) is 23.8 Å². The van der Waals surface area contributed by atoms with E-state index in [0.717, 1.165) is 17.9 Å². The van der Waals surface area contributed by atoms with Gasteiger partial charge in [-0.2, -0.15) is 0 Å². The summed E-state index contributed by atoms with van der Waals surface area (Å²) in [7, 11) is 0. The molecule has 0 spiro atoms. The zero-order chi connectivity index (χ0) is 11.0. The minimum Gasteiger partial charge on any atom is -0.454 e. The van der Waals surface area contributed by atoms with Gasteiger partial charge in [-0.05, 0) is 30.0 Å². The third-order valence-corrected chi connectivity index (χ3v) is 3.02. The molecule has 86 valence electrons. The molecule has 3 rings (SSSR count). The standard InChI is InChI=1S/C12H14O4/c13-12-5-9(6-14-12)3-8-1-2-10-11(4-8)16-7-15-10/h1-2,4,9,12-13H,3,5-7H2. The Morgan fingerprint density at radius 2 is 2.12 bits per heavy atom. The highest BCUT2D eigenvalue weighted by Crippen LogP contribution is 2.33. The van der Waals surface area contributed by atoms with Crippen molar-refractivity contribution in [3.63, 3.8) is 0 Å². The molecule has 0 saturated carbocycles. The molecule has 1 aromatic carbocycles. The predicted octanol–water partition coefficient (Wildman–Crippen LogP) is 1.31. The maximum atomic E-state index is 9.27. The van der Waals surface area contributed by atoms with Crippen molar-refractivity contribution in [1.29, 1.82) is 0 Å². The summed E-state index contributed by atoms with van der Waals surface area (Å²) in [5, 5.41) is 9.27. The summed E-state index contributed by atoms with van der Waals surface area (Å²) >= 11 is 0. The van der Waals surface area contributed by atoms with Gasteiger partial charge < -0.3 is 19.3 Å². The van der Waals surface area contributed by atoms with Crippen molar-refractivity contribution < 1.29 is 19.3 Å². The van der Waals surface area contributed by atoms with Crippen molar-refractivity contribution in [3.8, 4) is 11.5 Å². The Kier molecular flexibility index (Phi) is 2.46. The molecule has 2 unspecified atom stereocenters. The van der Waals surface area contributed by atoms with Crippen molar-refractivity contribution >= 4 is 0 Å². The summed E-state index contributed by atoms with van der Waals surface area (Å²) in [5.41, 5.74) is 1.20. The SMILES string of the molecule is OC1CC(Cc2ccc3c(c2)OCO3)CO1. The summed E-state index contributed by atoms with van der Waals surface area (Å²) in [6, 6.07) is 5.98. The summed E-state index contributed by atoms with van der Waals surface area (Å²) in [6.45, 7) is 0.944. The van der Waals surface area contributed by atoms with Crippen LogP contribution in [0.1, 0.15) is 12.0 Å². The zero-order valence-corrected chi connectivity index (χ0v) is 8.89. The Morgan fingerprint density at radius 3 is 2.94 bits per heavy atom. The minimum absolute atomic E-state index is 0.310. The van der Waals surface area contributed by atoms with Crippen LogP contribution in [0, 0.1) is 5.92 Å². The van der Waals surface area contributed by atoms with Gasteiger partial charge >= 0.3 is 0 Å². The fourth-order valence-corrected chi connectivity index (χ4v) is 2.21. The van der Waals surface area contributed by atoms with E-state index < -0.39 is 6.29 Å². The highest BCUT2D eigenvalue weighted by Gasteiger charge is 2.24. The Morgan fingerprint density at radius 1 is 1.25 bits per heavy atom. The number of ether oxygens (including phenoxy) is 3. The van der Waals surface area contributed by atoms with Crippen LogP contribution in [0.3, 0.4) is 0 Å². The summed E-state index contributed by atoms with van der Waals surface area (Å²) in [6.07, 6.45) is 1.04. The number of hydrogen-bond acceptors (Lipinski definition) is 4. The van der Waals surface area contributed by atoms with E-state index in [1.165, 1.54) is 5.56 Å². The van der Waals surface area contributed by atoms with Crippen LogP contribution >= 0.6 is 0 Å². The number of aliphatic hydroxyl groups is 1. The molecule has 1 aromatic rings. The topological polar surface area (TPSA) is 47.9 Å². The van der Waals surface area contributed by atoms with Crippen molar-refractivity contribution in [2.45, 2.75) is 19.1 Å². The van der Waals surface area contributed by atoms with Crippen LogP contribution in [-0.4, -0.2) is 24.8 Å². The fourth-order valence-electron chi connectivity index (χ4n) is 2.21. The van der Waals surface area contributed by atoms with Crippen LogP contribution in [-0.2, 0) is 11.2 Å². The van der Waals surface area contributed by atoms with E-state index >= 15 is 0 Å². The maximum absolute atomic E-state index is 9.27. The molecule has 4 nitrogen and oxygen atoms in total. The first-order valence-electron chi connectivity index (χ1n) is 5.49. The van der Waals surface area contributed by atoms with Crippen molar-refractivity contribution in [1.82, 2.24) is 0 Å². The van der Waals surface area contributed by atoms with E-state index in [1.807, 2.05) is 18.2 Å². The fraction of sp³-hybridized carbons (Fsp3) is 0.500. The van der Waals surface area contributed by atoms with Crippen LogP contribution in [0.5, 0.6) is 11.5 Å². The van der Waals surface area contributed by atoms with Gasteiger partial charge in [-0.3, -0.25) is 0 Å². The van der Waals surface area contributed by atoms with Gasteiger partial charge in [0.25, 0.3) is 0 Å². The van der Waals surface area contributed by atoms with Gasteiger partial charge in [0.2, 0.25) is 6.79 Å². The van der Waals surface area contributed by atoms with E-state index in [4.69, 9.17) is 14.2 Å². The molecule has 0 aliphatic carbocycles. The first kappa shape index (κ1) is 9.93. The van der Waals surface area contributed by atoms with Gasteiger partial charge in [-0.1, -0.05) is 6.07 Å². The third kappa shape index (κ3) is 1.86. The number of hydrogen-bond donors (Lipinski definition) is 1. The second-order valence-corrected chi connectivity index (χ2v) is 4.28. The quantitative estimate of drug-likeness (QED) is 0.819. The number of aliphatic hydroxyl groups excluding tert-OH is 1. The van der Waals surface area contributed by atoms with Crippen LogP contribution < -0.4 is 9.47 Å². The van der Waals surface area contributed by atoms with Gasteiger partial charge in [0.1, 0.15) is 0 Å². The lowest BCUT2D eigenvalue weighted by atomic mass is 9.98. The van der Waals surface area contributed by atoms with E-state index in [-0.39, 0.29) is 0 Å². The smallest absolute Gasteiger partial charge is 0.231 e. The molecule has 1 fully saturated rings. The number of benzene rings is 1. The molecule has 2 aliphatic heterocycles. The molecule has 2 heterocycles. The predicted molar refractivity (Wildman–Crippen MR) is 56.3 cm³/mol. The largest absolute Gasteiger partial charge is 0.454 e. The molecule has 4 heteroatoms. The van der Waals surface area contributed by atoms with Crippen molar-refractivity contribution in [2.75, 3.05) is 13.4 Å². The molecule has 0 amide bonds. The molecular formula is C12H14O4. The zero-order valence-electron chi connectivity index (χ0n) is 8.89. The lowest BCUT2D eigenvalue weighted by Gasteiger charge is -2.07. The molecule has 1 N–H and O–H groups in total. The van der Waals surface area contributed by atoms with Crippen LogP contribution in [0.4, 0.5) is 0 Å². The molecule has 0 aromatic heterocycles. The molecule has 0 radical (unpaired) electrons. The Labute approximate surface area is 93.7 Å². The van der Waals surface area contributed by atoms with Crippen LogP contribution in [0.25, 0.3) is 0 Å². The van der Waals surface area contributed by atoms with Gasteiger partial charge in [0.05, 0.1) is 6.61 Å².